The number of nitrogens with one attached hydrogen (secondary N) is 2. The fourth-order valence-electron chi connectivity index (χ4n) is 3.45. The molecule has 7 heteroatoms. The topological polar surface area (TPSA) is 67.8 Å². The molecule has 0 aliphatic heterocycles. The summed E-state index contributed by atoms with van der Waals surface area (Å²) in [5, 5.41) is 6.77. The number of pyridine rings is 1. The Morgan fingerprint density at radius 2 is 2.11 bits per heavy atom. The lowest BCUT2D eigenvalue weighted by atomic mass is 9.81. The molecule has 0 amide bonds. The number of ether oxygens (including phenoxy) is 2. The van der Waals surface area contributed by atoms with Crippen molar-refractivity contribution in [1.82, 2.24) is 15.6 Å². The van der Waals surface area contributed by atoms with Crippen molar-refractivity contribution in [2.75, 3.05) is 33.9 Å². The van der Waals surface area contributed by atoms with Gasteiger partial charge in [0.15, 0.2) is 5.96 Å². The Hall–Kier alpha value is -1.09. The Morgan fingerprint density at radius 3 is 2.78 bits per heavy atom. The van der Waals surface area contributed by atoms with Gasteiger partial charge in [-0.1, -0.05) is 32.3 Å². The van der Waals surface area contributed by atoms with Crippen LogP contribution in [0.3, 0.4) is 0 Å². The molecule has 6 nitrogen and oxygen atoms in total. The maximum absolute atomic E-state index is 5.47. The lowest BCUT2D eigenvalue weighted by Gasteiger charge is -2.26. The molecule has 0 saturated heterocycles. The van der Waals surface area contributed by atoms with Crippen molar-refractivity contribution in [3.63, 3.8) is 0 Å². The van der Waals surface area contributed by atoms with E-state index in [1.54, 1.807) is 7.11 Å². The Balaban J connectivity index is 0.00000364. The van der Waals surface area contributed by atoms with Gasteiger partial charge < -0.3 is 20.1 Å². The summed E-state index contributed by atoms with van der Waals surface area (Å²) in [6, 6.07) is 3.89. The summed E-state index contributed by atoms with van der Waals surface area (Å²) >= 11 is 0. The predicted molar refractivity (Wildman–Crippen MR) is 121 cm³/mol. The van der Waals surface area contributed by atoms with Crippen molar-refractivity contribution in [3.8, 4) is 5.88 Å². The van der Waals surface area contributed by atoms with Gasteiger partial charge in [-0.25, -0.2) is 4.98 Å². The van der Waals surface area contributed by atoms with E-state index in [4.69, 9.17) is 9.47 Å². The number of hydrogen-bond donors (Lipinski definition) is 2. The van der Waals surface area contributed by atoms with Crippen LogP contribution in [-0.4, -0.2) is 44.9 Å². The molecule has 27 heavy (non-hydrogen) atoms. The summed E-state index contributed by atoms with van der Waals surface area (Å²) in [4.78, 5) is 8.61. The highest BCUT2D eigenvalue weighted by Gasteiger charge is 2.18. The van der Waals surface area contributed by atoms with Crippen molar-refractivity contribution in [2.45, 2.75) is 45.6 Å². The molecule has 2 unspecified atom stereocenters. The SMILES string of the molecule is CN=C(NCCC1CCCC(C)C1)NCc1ccc(OCCOC)nc1.I. The smallest absolute Gasteiger partial charge is 0.213 e. The maximum Gasteiger partial charge on any atom is 0.213 e. The van der Waals surface area contributed by atoms with Crippen LogP contribution in [0.2, 0.25) is 0 Å². The van der Waals surface area contributed by atoms with E-state index in [9.17, 15) is 0 Å². The molecule has 2 rings (SSSR count). The number of guanidine groups is 1. The molecule has 0 bridgehead atoms. The van der Waals surface area contributed by atoms with Crippen LogP contribution in [0.1, 0.15) is 44.6 Å². The summed E-state index contributed by atoms with van der Waals surface area (Å²) in [6.45, 7) is 5.11. The molecule has 1 aromatic rings. The standard InChI is InChI=1S/C20H34N4O2.HI/c1-16-5-4-6-17(13-16)9-10-22-20(21-2)24-15-18-7-8-19(23-14-18)26-12-11-25-3;/h7-8,14,16-17H,4-6,9-13,15H2,1-3H3,(H2,21,22,24);1H. The molecule has 0 radical (unpaired) electrons. The highest BCUT2D eigenvalue weighted by atomic mass is 127. The van der Waals surface area contributed by atoms with Gasteiger partial charge in [0.1, 0.15) is 6.61 Å². The molecule has 2 N–H and O–H groups in total. The summed E-state index contributed by atoms with van der Waals surface area (Å²) in [5.41, 5.74) is 1.09. The van der Waals surface area contributed by atoms with Gasteiger partial charge in [0.25, 0.3) is 0 Å². The van der Waals surface area contributed by atoms with Crippen LogP contribution < -0.4 is 15.4 Å². The molecule has 154 valence electrons. The number of nitrogens with zero attached hydrogens (tertiary/aromatic N) is 2. The van der Waals surface area contributed by atoms with Crippen LogP contribution in [-0.2, 0) is 11.3 Å². The molecular formula is C20H35IN4O2. The molecule has 1 fully saturated rings. The average molecular weight is 490 g/mol. The van der Waals surface area contributed by atoms with E-state index < -0.39 is 0 Å². The third-order valence-corrected chi connectivity index (χ3v) is 4.91. The zero-order valence-electron chi connectivity index (χ0n) is 16.9. The monoisotopic (exact) mass is 490 g/mol. The van der Waals surface area contributed by atoms with Gasteiger partial charge in [0.05, 0.1) is 6.61 Å². The van der Waals surface area contributed by atoms with Gasteiger partial charge in [0.2, 0.25) is 5.88 Å². The van der Waals surface area contributed by atoms with Crippen molar-refractivity contribution in [2.24, 2.45) is 16.8 Å². The Bertz CT molecular complexity index is 539. The van der Waals surface area contributed by atoms with Crippen LogP contribution in [0.5, 0.6) is 5.88 Å². The molecule has 1 saturated carbocycles. The van der Waals surface area contributed by atoms with Gasteiger partial charge in [0, 0.05) is 39.5 Å². The van der Waals surface area contributed by atoms with Crippen LogP contribution in [0.25, 0.3) is 0 Å². The minimum Gasteiger partial charge on any atom is -0.475 e. The van der Waals surface area contributed by atoms with Crippen molar-refractivity contribution in [1.29, 1.82) is 0 Å². The van der Waals surface area contributed by atoms with Crippen molar-refractivity contribution >= 4 is 29.9 Å². The first-order chi connectivity index (χ1) is 12.7. The number of halogens is 1. The molecule has 0 aromatic carbocycles. The molecule has 1 aliphatic carbocycles. The number of aliphatic imine (C=N–C) groups is 1. The van der Waals surface area contributed by atoms with Gasteiger partial charge in [-0.05, 0) is 30.2 Å². The van der Waals surface area contributed by atoms with Crippen LogP contribution in [0, 0.1) is 11.8 Å². The van der Waals surface area contributed by atoms with E-state index in [1.165, 1.54) is 32.1 Å². The fraction of sp³-hybridized carbons (Fsp3) is 0.700. The lowest BCUT2D eigenvalue weighted by molar-refractivity contribution is 0.143. The number of aromatic nitrogens is 1. The van der Waals surface area contributed by atoms with Crippen LogP contribution >= 0.6 is 24.0 Å². The predicted octanol–water partition coefficient (Wildman–Crippen LogP) is 3.61. The maximum atomic E-state index is 5.47. The number of hydrogen-bond acceptors (Lipinski definition) is 4. The zero-order valence-corrected chi connectivity index (χ0v) is 19.2. The fourth-order valence-corrected chi connectivity index (χ4v) is 3.45. The Kier molecular flexibility index (Phi) is 12.4. The van der Waals surface area contributed by atoms with Crippen LogP contribution in [0.15, 0.2) is 23.3 Å². The zero-order chi connectivity index (χ0) is 18.6. The van der Waals surface area contributed by atoms with E-state index in [1.807, 2.05) is 25.4 Å². The largest absolute Gasteiger partial charge is 0.475 e. The van der Waals surface area contributed by atoms with E-state index >= 15 is 0 Å². The number of rotatable bonds is 9. The summed E-state index contributed by atoms with van der Waals surface area (Å²) in [7, 11) is 3.46. The van der Waals surface area contributed by atoms with Gasteiger partial charge in [-0.3, -0.25) is 4.99 Å². The summed E-state index contributed by atoms with van der Waals surface area (Å²) in [6.07, 6.45) is 8.58. The number of methoxy groups -OCH3 is 1. The molecule has 1 aliphatic rings. The second-order valence-corrected chi connectivity index (χ2v) is 7.12. The highest BCUT2D eigenvalue weighted by molar-refractivity contribution is 14.0. The molecule has 2 atom stereocenters. The van der Waals surface area contributed by atoms with Gasteiger partial charge >= 0.3 is 0 Å². The third-order valence-electron chi connectivity index (χ3n) is 4.91. The normalized spacial score (nSPS) is 19.9. The Labute approximate surface area is 180 Å². The molecule has 0 spiro atoms. The highest BCUT2D eigenvalue weighted by Crippen LogP contribution is 2.30. The van der Waals surface area contributed by atoms with Crippen molar-refractivity contribution in [3.05, 3.63) is 23.9 Å². The van der Waals surface area contributed by atoms with Crippen LogP contribution in [0.4, 0.5) is 0 Å². The van der Waals surface area contributed by atoms with E-state index in [0.717, 1.165) is 29.9 Å². The quantitative estimate of drug-likeness (QED) is 0.240. The van der Waals surface area contributed by atoms with Gasteiger partial charge in [-0.15, -0.1) is 24.0 Å². The van der Waals surface area contributed by atoms with Gasteiger partial charge in [-0.2, -0.15) is 0 Å². The van der Waals surface area contributed by atoms with E-state index in [-0.39, 0.29) is 24.0 Å². The second-order valence-electron chi connectivity index (χ2n) is 7.12. The third kappa shape index (κ3) is 9.60. The van der Waals surface area contributed by atoms with E-state index in [0.29, 0.717) is 25.6 Å². The summed E-state index contributed by atoms with van der Waals surface area (Å²) < 4.78 is 10.4. The molecule has 1 heterocycles. The Morgan fingerprint density at radius 1 is 1.26 bits per heavy atom. The first-order valence-electron chi connectivity index (χ1n) is 9.72. The average Bonchev–Trinajstić information content (AvgIpc) is 2.66. The second kappa shape index (κ2) is 14.0. The first-order valence-corrected chi connectivity index (χ1v) is 9.72. The first kappa shape index (κ1) is 23.9. The van der Waals surface area contributed by atoms with E-state index in [2.05, 4.69) is 27.5 Å². The minimum atomic E-state index is 0. The molecular weight excluding hydrogens is 455 g/mol. The lowest BCUT2D eigenvalue weighted by Crippen LogP contribution is -2.38. The minimum absolute atomic E-state index is 0. The molecule has 1 aromatic heterocycles. The summed E-state index contributed by atoms with van der Waals surface area (Å²) in [5.74, 6) is 3.21. The van der Waals surface area contributed by atoms with Crippen molar-refractivity contribution < 1.29 is 9.47 Å².